The Morgan fingerprint density at radius 3 is 1.07 bits per heavy atom. The van der Waals surface area contributed by atoms with Crippen LogP contribution < -0.4 is 15.9 Å². The molecule has 1 nitrogen and oxygen atoms in total. The molecule has 0 aromatic heterocycles. The Balaban J connectivity index is 0.000000264. The molecule has 0 saturated heterocycles. The van der Waals surface area contributed by atoms with E-state index < -0.39 is 15.7 Å². The smallest absolute Gasteiger partial charge is 0.351 e. The quantitative estimate of drug-likeness (QED) is 0.0524. The van der Waals surface area contributed by atoms with E-state index in [0.717, 1.165) is 40.7 Å². The van der Waals surface area contributed by atoms with Gasteiger partial charge in [-0.25, -0.2) is 0 Å². The van der Waals surface area contributed by atoms with E-state index in [1.807, 2.05) is 60.7 Å². The van der Waals surface area contributed by atoms with Gasteiger partial charge in [0.1, 0.15) is 0 Å². The van der Waals surface area contributed by atoms with Crippen molar-refractivity contribution in [3.05, 3.63) is 175 Å². The molecule has 1 radical (unpaired) electrons. The summed E-state index contributed by atoms with van der Waals surface area (Å²) in [6.07, 6.45) is 4.94. The number of benzene rings is 5. The average molecular weight is 872 g/mol. The molecule has 0 aliphatic heterocycles. The van der Waals surface area contributed by atoms with Crippen molar-refractivity contribution in [3.8, 4) is 0 Å². The van der Waals surface area contributed by atoms with Gasteiger partial charge in [0.25, 0.3) is 0 Å². The van der Waals surface area contributed by atoms with E-state index in [2.05, 4.69) is 132 Å². The van der Waals surface area contributed by atoms with Crippen molar-refractivity contribution >= 4 is 37.4 Å². The van der Waals surface area contributed by atoms with Crippen molar-refractivity contribution in [3.63, 3.8) is 0 Å². The third-order valence-corrected chi connectivity index (χ3v) is 12.0. The SMILES string of the molecule is CC1C(C)C(C)C(C)C1C.F[P-](F)(F)(F)(F)F.O=C(C=[C-]c1ccccc1)Cc1ccccc1.[Rh+2].c1ccc(P(c2ccccc2)c2ccccc2)cc1. The van der Waals surface area contributed by atoms with Crippen LogP contribution in [-0.2, 0) is 30.7 Å². The summed E-state index contributed by atoms with van der Waals surface area (Å²) in [4.78, 5) is 11.7. The molecule has 1 aliphatic rings. The number of halogens is 6. The van der Waals surface area contributed by atoms with Gasteiger partial charge in [0.2, 0.25) is 0 Å². The molecule has 0 atom stereocenters. The van der Waals surface area contributed by atoms with E-state index in [1.54, 1.807) is 0 Å². The molecule has 0 bridgehead atoms. The molecule has 5 aromatic rings. The van der Waals surface area contributed by atoms with Crippen molar-refractivity contribution in [1.29, 1.82) is 0 Å². The molecule has 0 unspecified atom stereocenters. The predicted octanol–water partition coefficient (Wildman–Crippen LogP) is 13.2. The summed E-state index contributed by atoms with van der Waals surface area (Å²) in [7, 11) is -11.1. The largest absolute Gasteiger partial charge is 2.00 e. The number of ketones is 1. The van der Waals surface area contributed by atoms with Crippen LogP contribution in [0.1, 0.15) is 45.7 Å². The van der Waals surface area contributed by atoms with E-state index in [4.69, 9.17) is 0 Å². The van der Waals surface area contributed by atoms with Crippen molar-refractivity contribution in [1.82, 2.24) is 0 Å². The van der Waals surface area contributed by atoms with Crippen molar-refractivity contribution in [2.24, 2.45) is 29.6 Å². The summed E-state index contributed by atoms with van der Waals surface area (Å²) in [5.74, 6) is 4.75. The van der Waals surface area contributed by atoms with E-state index in [1.165, 1.54) is 22.0 Å². The Morgan fingerprint density at radius 2 is 0.778 bits per heavy atom. The maximum atomic E-state index is 11.7. The van der Waals surface area contributed by atoms with Crippen LogP contribution in [0.5, 0.6) is 0 Å². The van der Waals surface area contributed by atoms with Gasteiger partial charge in [0.05, 0.1) is 5.78 Å². The van der Waals surface area contributed by atoms with Crippen LogP contribution in [-0.4, -0.2) is 5.78 Å². The minimum atomic E-state index is -10.7. The van der Waals surface area contributed by atoms with Gasteiger partial charge >= 0.3 is 52.5 Å². The van der Waals surface area contributed by atoms with Crippen LogP contribution in [0, 0.1) is 35.7 Å². The molecule has 10 heteroatoms. The first-order valence-electron chi connectivity index (χ1n) is 17.5. The minimum absolute atomic E-state index is 0. The normalized spacial score (nSPS) is 20.3. The summed E-state index contributed by atoms with van der Waals surface area (Å²) >= 11 is 0. The predicted molar refractivity (Wildman–Crippen MR) is 213 cm³/mol. The summed E-state index contributed by atoms with van der Waals surface area (Å²) in [6, 6.07) is 51.7. The Bertz CT molecular complexity index is 1680. The molecular weight excluding hydrogens is 823 g/mol. The Kier molecular flexibility index (Phi) is 17.7. The molecule has 1 fully saturated rings. The van der Waals surface area contributed by atoms with E-state index in [0.29, 0.717) is 6.42 Å². The third kappa shape index (κ3) is 18.3. The van der Waals surface area contributed by atoms with Crippen molar-refractivity contribution in [2.75, 3.05) is 0 Å². The van der Waals surface area contributed by atoms with Crippen molar-refractivity contribution in [2.45, 2.75) is 41.0 Å². The zero-order valence-electron chi connectivity index (χ0n) is 31.0. The first kappa shape index (κ1) is 46.7. The summed E-state index contributed by atoms with van der Waals surface area (Å²) in [5, 5.41) is 4.19. The number of hydrogen-bond donors (Lipinski definition) is 0. The molecule has 0 amide bonds. The maximum Gasteiger partial charge on any atom is 2.00 e. The Morgan fingerprint density at radius 1 is 0.519 bits per heavy atom. The molecule has 0 spiro atoms. The van der Waals surface area contributed by atoms with Crippen LogP contribution in [0.15, 0.2) is 158 Å². The first-order valence-corrected chi connectivity index (χ1v) is 20.9. The van der Waals surface area contributed by atoms with Crippen molar-refractivity contribution < 1.29 is 49.5 Å². The van der Waals surface area contributed by atoms with Gasteiger partial charge in [0.15, 0.2) is 0 Å². The zero-order valence-corrected chi connectivity index (χ0v) is 34.4. The third-order valence-electron chi connectivity index (χ3n) is 9.58. The Hall–Kier alpha value is -3.43. The van der Waals surface area contributed by atoms with Gasteiger partial charge in [-0.05, 0) is 59.0 Å². The van der Waals surface area contributed by atoms with Gasteiger partial charge in [-0.2, -0.15) is 0 Å². The molecular formula is C44H48F6OP2Rh. The first-order chi connectivity index (χ1) is 24.8. The molecule has 0 heterocycles. The van der Waals surface area contributed by atoms with Crippen LogP contribution >= 0.6 is 15.7 Å². The van der Waals surface area contributed by atoms with Crippen LogP contribution in [0.25, 0.3) is 0 Å². The monoisotopic (exact) mass is 871 g/mol. The van der Waals surface area contributed by atoms with E-state index >= 15 is 0 Å². The summed E-state index contributed by atoms with van der Waals surface area (Å²) in [6.45, 7) is 12.0. The second-order valence-electron chi connectivity index (χ2n) is 13.4. The summed E-state index contributed by atoms with van der Waals surface area (Å²) < 4.78 is 59.2. The van der Waals surface area contributed by atoms with Gasteiger partial charge in [-0.1, -0.05) is 162 Å². The Labute approximate surface area is 331 Å². The standard InChI is InChI=1S/C18H15P.C16H13O.C10H20.F6P.Rh/c1-4-10-16(11-5-1)19(17-12-6-2-7-13-17)18-14-8-3-9-15-18;17-16(13-15-9-5-2-6-10-15)12-11-14-7-3-1-4-8-14;1-6-7(2)9(4)10(5)8(6)3;1-7(2,3,4,5)6;/h1-15H;1-10,12H,13H2;6-10H,1-5H3;;/q;-1;;-1;+2. The number of allylic oxidation sites excluding steroid dienone is 1. The number of hydrogen-bond acceptors (Lipinski definition) is 1. The molecule has 6 rings (SSSR count). The molecule has 291 valence electrons. The number of carbonyl (C=O) groups is 1. The summed E-state index contributed by atoms with van der Waals surface area (Å²) in [5.41, 5.74) is 1.96. The van der Waals surface area contributed by atoms with Crippen LogP contribution in [0.3, 0.4) is 0 Å². The fourth-order valence-electron chi connectivity index (χ4n) is 6.12. The van der Waals surface area contributed by atoms with E-state index in [-0.39, 0.29) is 25.3 Å². The van der Waals surface area contributed by atoms with E-state index in [9.17, 15) is 30.0 Å². The van der Waals surface area contributed by atoms with Gasteiger partial charge in [-0.3, -0.25) is 0 Å². The van der Waals surface area contributed by atoms with Gasteiger partial charge in [0, 0.05) is 6.42 Å². The van der Waals surface area contributed by atoms with Crippen LogP contribution in [0.2, 0.25) is 0 Å². The zero-order chi connectivity index (χ0) is 39.1. The molecule has 54 heavy (non-hydrogen) atoms. The second-order valence-corrected chi connectivity index (χ2v) is 17.5. The van der Waals surface area contributed by atoms with Crippen LogP contribution in [0.4, 0.5) is 25.2 Å². The fraction of sp³-hybridized carbons (Fsp3) is 0.250. The van der Waals surface area contributed by atoms with Gasteiger partial charge < -0.3 is 4.79 Å². The molecule has 5 aromatic carbocycles. The number of rotatable bonds is 7. The minimum Gasteiger partial charge on any atom is -0.351 e. The average Bonchev–Trinajstić information content (AvgIpc) is 3.29. The second kappa shape index (κ2) is 20.5. The topological polar surface area (TPSA) is 17.1 Å². The molecule has 0 N–H and O–H groups in total. The number of carbonyl (C=O) groups excluding carboxylic acids is 1. The molecule has 1 aliphatic carbocycles. The fourth-order valence-corrected chi connectivity index (χ4v) is 8.42. The molecule has 1 saturated carbocycles. The van der Waals surface area contributed by atoms with Gasteiger partial charge in [-0.15, -0.1) is 42.0 Å². The maximum absolute atomic E-state index is 11.7.